The molecule has 1 saturated carbocycles. The molecule has 1 aromatic carbocycles. The van der Waals surface area contributed by atoms with Gasteiger partial charge in [0.25, 0.3) is 0 Å². The Balaban J connectivity index is 1.67. The molecule has 1 aliphatic carbocycles. The first-order valence-corrected chi connectivity index (χ1v) is 8.07. The van der Waals surface area contributed by atoms with E-state index in [1.165, 1.54) is 24.0 Å². The molecule has 0 spiro atoms. The zero-order valence-corrected chi connectivity index (χ0v) is 13.1. The number of hydrogen-bond acceptors (Lipinski definition) is 4. The Morgan fingerprint density at radius 1 is 1.32 bits per heavy atom. The van der Waals surface area contributed by atoms with Crippen molar-refractivity contribution in [1.29, 1.82) is 0 Å². The molecule has 0 aliphatic heterocycles. The van der Waals surface area contributed by atoms with Gasteiger partial charge >= 0.3 is 0 Å². The van der Waals surface area contributed by atoms with E-state index in [2.05, 4.69) is 40.1 Å². The van der Waals surface area contributed by atoms with Crippen LogP contribution in [0.15, 0.2) is 30.9 Å². The molecule has 0 radical (unpaired) electrons. The molecule has 118 valence electrons. The minimum Gasteiger partial charge on any atom is -0.396 e. The molecule has 0 atom stereocenters. The van der Waals surface area contributed by atoms with Gasteiger partial charge in [0, 0.05) is 19.2 Å². The number of hydrogen-bond donors (Lipinski definition) is 1. The van der Waals surface area contributed by atoms with Crippen molar-refractivity contribution < 1.29 is 5.11 Å². The van der Waals surface area contributed by atoms with Crippen LogP contribution in [0.4, 0.5) is 0 Å². The second-order valence-corrected chi connectivity index (χ2v) is 6.09. The number of aromatic nitrogens is 3. The second kappa shape index (κ2) is 7.03. The maximum Gasteiger partial charge on any atom is 0.138 e. The van der Waals surface area contributed by atoms with Crippen molar-refractivity contribution in [2.24, 2.45) is 0 Å². The topological polar surface area (TPSA) is 54.2 Å². The minimum absolute atomic E-state index is 0.296. The highest BCUT2D eigenvalue weighted by Gasteiger charge is 2.28. The van der Waals surface area contributed by atoms with Crippen LogP contribution in [0.2, 0.25) is 0 Å². The number of aliphatic hydroxyl groups is 1. The first-order valence-electron chi connectivity index (χ1n) is 8.07. The zero-order chi connectivity index (χ0) is 15.4. The van der Waals surface area contributed by atoms with Crippen LogP contribution in [-0.4, -0.2) is 44.0 Å². The van der Waals surface area contributed by atoms with Gasteiger partial charge in [-0.25, -0.2) is 9.67 Å². The highest BCUT2D eigenvalue weighted by molar-refractivity contribution is 5.41. The third kappa shape index (κ3) is 3.72. The minimum atomic E-state index is 0.296. The van der Waals surface area contributed by atoms with E-state index >= 15 is 0 Å². The van der Waals surface area contributed by atoms with E-state index in [-0.39, 0.29) is 0 Å². The summed E-state index contributed by atoms with van der Waals surface area (Å²) in [7, 11) is 0. The lowest BCUT2D eigenvalue weighted by Gasteiger charge is -2.22. The summed E-state index contributed by atoms with van der Waals surface area (Å²) >= 11 is 0. The maximum atomic E-state index is 8.95. The molecule has 0 bridgehead atoms. The zero-order valence-electron chi connectivity index (χ0n) is 13.1. The summed E-state index contributed by atoms with van der Waals surface area (Å²) in [5.74, 6) is 0. The van der Waals surface area contributed by atoms with E-state index in [0.717, 1.165) is 37.7 Å². The van der Waals surface area contributed by atoms with E-state index in [0.29, 0.717) is 6.61 Å². The highest BCUT2D eigenvalue weighted by Crippen LogP contribution is 2.29. The molecule has 5 heteroatoms. The van der Waals surface area contributed by atoms with Crippen molar-refractivity contribution in [2.45, 2.75) is 45.2 Å². The van der Waals surface area contributed by atoms with Crippen LogP contribution in [0.5, 0.6) is 0 Å². The number of aliphatic hydroxyl groups excluding tert-OH is 1. The fourth-order valence-electron chi connectivity index (χ4n) is 2.90. The fraction of sp³-hybridized carbons (Fsp3) is 0.529. The molecule has 1 aromatic heterocycles. The molecule has 0 saturated heterocycles. The summed E-state index contributed by atoms with van der Waals surface area (Å²) in [4.78, 5) is 6.56. The van der Waals surface area contributed by atoms with Crippen molar-refractivity contribution in [3.8, 4) is 5.69 Å². The van der Waals surface area contributed by atoms with Crippen LogP contribution in [0.1, 0.15) is 36.8 Å². The van der Waals surface area contributed by atoms with Crippen LogP contribution < -0.4 is 0 Å². The quantitative estimate of drug-likeness (QED) is 0.760. The Morgan fingerprint density at radius 3 is 2.82 bits per heavy atom. The lowest BCUT2D eigenvalue weighted by atomic mass is 10.1. The number of aryl methyl sites for hydroxylation is 1. The molecular weight excluding hydrogens is 276 g/mol. The van der Waals surface area contributed by atoms with Crippen LogP contribution in [-0.2, 0) is 6.54 Å². The van der Waals surface area contributed by atoms with Crippen LogP contribution in [0, 0.1) is 6.92 Å². The molecule has 5 nitrogen and oxygen atoms in total. The summed E-state index contributed by atoms with van der Waals surface area (Å²) in [6.07, 6.45) is 7.89. The van der Waals surface area contributed by atoms with Gasteiger partial charge in [-0.3, -0.25) is 4.90 Å². The molecule has 1 fully saturated rings. The molecule has 22 heavy (non-hydrogen) atoms. The van der Waals surface area contributed by atoms with E-state index < -0.39 is 0 Å². The number of nitrogens with zero attached hydrogens (tertiary/aromatic N) is 4. The average molecular weight is 300 g/mol. The average Bonchev–Trinajstić information content (AvgIpc) is 3.22. The van der Waals surface area contributed by atoms with Gasteiger partial charge in [0.2, 0.25) is 0 Å². The summed E-state index contributed by atoms with van der Waals surface area (Å²) in [6.45, 7) is 4.49. The summed E-state index contributed by atoms with van der Waals surface area (Å²) in [6, 6.07) is 7.30. The van der Waals surface area contributed by atoms with E-state index in [1.54, 1.807) is 17.3 Å². The van der Waals surface area contributed by atoms with Gasteiger partial charge in [-0.15, -0.1) is 0 Å². The normalized spacial score (nSPS) is 14.7. The van der Waals surface area contributed by atoms with Gasteiger partial charge in [-0.05, 0) is 56.3 Å². The van der Waals surface area contributed by atoms with E-state index in [4.69, 9.17) is 5.11 Å². The molecule has 3 rings (SSSR count). The van der Waals surface area contributed by atoms with Crippen molar-refractivity contribution in [2.75, 3.05) is 13.2 Å². The van der Waals surface area contributed by atoms with Gasteiger partial charge in [0.05, 0.1) is 5.69 Å². The van der Waals surface area contributed by atoms with E-state index in [9.17, 15) is 0 Å². The number of rotatable bonds is 8. The van der Waals surface area contributed by atoms with E-state index in [1.807, 2.05) is 0 Å². The van der Waals surface area contributed by atoms with Gasteiger partial charge in [0.1, 0.15) is 12.7 Å². The number of benzene rings is 1. The molecule has 2 aromatic rings. The Kier molecular flexibility index (Phi) is 4.85. The lowest BCUT2D eigenvalue weighted by molar-refractivity contribution is 0.229. The fourth-order valence-corrected chi connectivity index (χ4v) is 2.90. The first-order chi connectivity index (χ1) is 10.8. The third-order valence-electron chi connectivity index (χ3n) is 4.23. The molecule has 0 unspecified atom stereocenters. The number of unbranched alkanes of at least 4 members (excludes halogenated alkanes) is 1. The largest absolute Gasteiger partial charge is 0.396 e. The van der Waals surface area contributed by atoms with Gasteiger partial charge in [-0.2, -0.15) is 5.10 Å². The molecule has 0 amide bonds. The SMILES string of the molecule is Cc1cc(CN(CCCCO)C2CC2)ccc1-n1cncn1. The summed E-state index contributed by atoms with van der Waals surface area (Å²) in [5, 5.41) is 13.1. The maximum absolute atomic E-state index is 8.95. The van der Waals surface area contributed by atoms with Gasteiger partial charge < -0.3 is 5.11 Å². The second-order valence-electron chi connectivity index (χ2n) is 6.09. The van der Waals surface area contributed by atoms with Crippen LogP contribution in [0.25, 0.3) is 5.69 Å². The van der Waals surface area contributed by atoms with Crippen LogP contribution in [0.3, 0.4) is 0 Å². The molecule has 1 aliphatic rings. The Morgan fingerprint density at radius 2 is 2.18 bits per heavy atom. The molecule has 1 heterocycles. The van der Waals surface area contributed by atoms with Crippen molar-refractivity contribution >= 4 is 0 Å². The highest BCUT2D eigenvalue weighted by atomic mass is 16.2. The van der Waals surface area contributed by atoms with Crippen molar-refractivity contribution in [3.05, 3.63) is 42.0 Å². The van der Waals surface area contributed by atoms with Crippen molar-refractivity contribution in [1.82, 2.24) is 19.7 Å². The van der Waals surface area contributed by atoms with Crippen molar-refractivity contribution in [3.63, 3.8) is 0 Å². The Bertz CT molecular complexity index is 593. The monoisotopic (exact) mass is 300 g/mol. The predicted octanol–water partition coefficient (Wildman–Crippen LogP) is 2.31. The Hall–Kier alpha value is -1.72. The lowest BCUT2D eigenvalue weighted by Crippen LogP contribution is -2.27. The summed E-state index contributed by atoms with van der Waals surface area (Å²) < 4.78 is 1.80. The standard InChI is InChI=1S/C17H24N4O/c1-14-10-15(4-7-17(14)21-13-18-12-19-21)11-20(16-5-6-16)8-2-3-9-22/h4,7,10,12-13,16,22H,2-3,5-6,8-9,11H2,1H3. The van der Waals surface area contributed by atoms with Gasteiger partial charge in [-0.1, -0.05) is 12.1 Å². The summed E-state index contributed by atoms with van der Waals surface area (Å²) in [5.41, 5.74) is 3.64. The first kappa shape index (κ1) is 15.2. The van der Waals surface area contributed by atoms with Crippen LogP contribution >= 0.6 is 0 Å². The third-order valence-corrected chi connectivity index (χ3v) is 4.23. The predicted molar refractivity (Wildman–Crippen MR) is 85.8 cm³/mol. The van der Waals surface area contributed by atoms with Gasteiger partial charge in [0.15, 0.2) is 0 Å². The molecular formula is C17H24N4O. The smallest absolute Gasteiger partial charge is 0.138 e. The molecule has 1 N–H and O–H groups in total. The Labute approximate surface area is 131 Å².